The van der Waals surface area contributed by atoms with Gasteiger partial charge in [0.2, 0.25) is 5.13 Å². The maximum absolute atomic E-state index is 5.56. The summed E-state index contributed by atoms with van der Waals surface area (Å²) in [5.74, 6) is 0. The molecule has 98 valence electrons. The van der Waals surface area contributed by atoms with Gasteiger partial charge in [-0.25, -0.2) is 0 Å². The zero-order valence-corrected chi connectivity index (χ0v) is 11.7. The molecule has 1 aromatic heterocycles. The van der Waals surface area contributed by atoms with Crippen LogP contribution in [0.25, 0.3) is 0 Å². The van der Waals surface area contributed by atoms with Gasteiger partial charge in [0.1, 0.15) is 11.6 Å². The first-order valence-electron chi connectivity index (χ1n) is 6.50. The maximum Gasteiger partial charge on any atom is 0.205 e. The molecule has 0 atom stereocenters. The second kappa shape index (κ2) is 9.36. The minimum Gasteiger partial charge on any atom is -0.374 e. The number of nitrogens with one attached hydrogen (secondary N) is 1. The standard InChI is InChI=1S/C12H23N3OS/c1-3-5-6-7-9-16-10-11-14-15-12(17-11)13-8-4-2/h3-10H2,1-2H3,(H,13,15). The minimum atomic E-state index is 0.595. The van der Waals surface area contributed by atoms with Crippen LogP contribution < -0.4 is 5.32 Å². The van der Waals surface area contributed by atoms with Crippen LogP contribution in [0, 0.1) is 0 Å². The summed E-state index contributed by atoms with van der Waals surface area (Å²) in [5.41, 5.74) is 0. The predicted octanol–water partition coefficient (Wildman–Crippen LogP) is 3.46. The minimum absolute atomic E-state index is 0.595. The van der Waals surface area contributed by atoms with Crippen molar-refractivity contribution in [1.82, 2.24) is 10.2 Å². The molecule has 1 heterocycles. The second-order valence-electron chi connectivity index (χ2n) is 4.04. The van der Waals surface area contributed by atoms with Crippen molar-refractivity contribution in [2.24, 2.45) is 0 Å². The van der Waals surface area contributed by atoms with Crippen molar-refractivity contribution >= 4 is 16.5 Å². The van der Waals surface area contributed by atoms with Crippen molar-refractivity contribution in [3.63, 3.8) is 0 Å². The molecule has 0 radical (unpaired) electrons. The topological polar surface area (TPSA) is 47.0 Å². The third kappa shape index (κ3) is 6.58. The molecule has 1 rings (SSSR count). The smallest absolute Gasteiger partial charge is 0.205 e. The first kappa shape index (κ1) is 14.4. The Morgan fingerprint density at radius 3 is 2.76 bits per heavy atom. The molecule has 0 aliphatic rings. The maximum atomic E-state index is 5.56. The highest BCUT2D eigenvalue weighted by Gasteiger charge is 2.02. The third-order valence-electron chi connectivity index (χ3n) is 2.36. The van der Waals surface area contributed by atoms with Crippen LogP contribution in [0.2, 0.25) is 0 Å². The molecule has 0 aromatic carbocycles. The molecule has 1 N–H and O–H groups in total. The number of anilines is 1. The molecule has 5 heteroatoms. The highest BCUT2D eigenvalue weighted by Crippen LogP contribution is 2.15. The Morgan fingerprint density at radius 2 is 2.00 bits per heavy atom. The average Bonchev–Trinajstić information content (AvgIpc) is 2.79. The Kier molecular flexibility index (Phi) is 7.92. The van der Waals surface area contributed by atoms with E-state index in [0.29, 0.717) is 6.61 Å². The van der Waals surface area contributed by atoms with Crippen LogP contribution >= 0.6 is 11.3 Å². The normalized spacial score (nSPS) is 10.7. The summed E-state index contributed by atoms with van der Waals surface area (Å²) in [4.78, 5) is 0. The number of hydrogen-bond acceptors (Lipinski definition) is 5. The fraction of sp³-hybridized carbons (Fsp3) is 0.833. The monoisotopic (exact) mass is 257 g/mol. The van der Waals surface area contributed by atoms with Gasteiger partial charge in [-0.15, -0.1) is 10.2 Å². The summed E-state index contributed by atoms with van der Waals surface area (Å²) in [6.07, 6.45) is 6.07. The molecule has 0 aliphatic heterocycles. The lowest BCUT2D eigenvalue weighted by Gasteiger charge is -2.00. The molecule has 0 saturated carbocycles. The van der Waals surface area contributed by atoms with E-state index in [9.17, 15) is 0 Å². The van der Waals surface area contributed by atoms with E-state index in [-0.39, 0.29) is 0 Å². The highest BCUT2D eigenvalue weighted by atomic mass is 32.1. The van der Waals surface area contributed by atoms with E-state index in [1.54, 1.807) is 11.3 Å². The van der Waals surface area contributed by atoms with Gasteiger partial charge in [0, 0.05) is 13.2 Å². The van der Waals surface area contributed by atoms with Gasteiger partial charge in [-0.1, -0.05) is 44.4 Å². The number of nitrogens with zero attached hydrogens (tertiary/aromatic N) is 2. The van der Waals surface area contributed by atoms with Crippen molar-refractivity contribution in [2.45, 2.75) is 52.6 Å². The Balaban J connectivity index is 2.08. The molecular formula is C12H23N3OS. The lowest BCUT2D eigenvalue weighted by atomic mass is 10.2. The van der Waals surface area contributed by atoms with Crippen molar-refractivity contribution in [1.29, 1.82) is 0 Å². The van der Waals surface area contributed by atoms with Gasteiger partial charge in [0.25, 0.3) is 0 Å². The highest BCUT2D eigenvalue weighted by molar-refractivity contribution is 7.15. The predicted molar refractivity (Wildman–Crippen MR) is 72.5 cm³/mol. The van der Waals surface area contributed by atoms with E-state index in [2.05, 4.69) is 29.4 Å². The van der Waals surface area contributed by atoms with E-state index < -0.39 is 0 Å². The van der Waals surface area contributed by atoms with Crippen molar-refractivity contribution in [3.8, 4) is 0 Å². The second-order valence-corrected chi connectivity index (χ2v) is 5.10. The average molecular weight is 257 g/mol. The Hall–Kier alpha value is -0.680. The van der Waals surface area contributed by atoms with Crippen molar-refractivity contribution < 1.29 is 4.74 Å². The van der Waals surface area contributed by atoms with Gasteiger partial charge < -0.3 is 10.1 Å². The molecule has 1 aromatic rings. The van der Waals surface area contributed by atoms with Gasteiger partial charge in [0.15, 0.2) is 0 Å². The summed E-state index contributed by atoms with van der Waals surface area (Å²) in [6.45, 7) is 6.72. The number of ether oxygens (including phenoxy) is 1. The van der Waals surface area contributed by atoms with E-state index in [4.69, 9.17) is 4.74 Å². The molecule has 0 spiro atoms. The van der Waals surface area contributed by atoms with E-state index in [0.717, 1.165) is 36.1 Å². The molecular weight excluding hydrogens is 234 g/mol. The summed E-state index contributed by atoms with van der Waals surface area (Å²) >= 11 is 1.58. The van der Waals surface area contributed by atoms with Crippen LogP contribution in [-0.4, -0.2) is 23.3 Å². The quantitative estimate of drug-likeness (QED) is 0.652. The van der Waals surface area contributed by atoms with Crippen LogP contribution in [0.3, 0.4) is 0 Å². The molecule has 0 aliphatic carbocycles. The molecule has 0 unspecified atom stereocenters. The number of aromatic nitrogens is 2. The molecule has 0 amide bonds. The molecule has 17 heavy (non-hydrogen) atoms. The summed E-state index contributed by atoms with van der Waals surface area (Å²) in [5, 5.41) is 13.2. The summed E-state index contributed by atoms with van der Waals surface area (Å²) in [7, 11) is 0. The van der Waals surface area contributed by atoms with Crippen LogP contribution in [-0.2, 0) is 11.3 Å². The van der Waals surface area contributed by atoms with Crippen LogP contribution in [0.1, 0.15) is 51.0 Å². The fourth-order valence-corrected chi connectivity index (χ4v) is 2.11. The van der Waals surface area contributed by atoms with Gasteiger partial charge >= 0.3 is 0 Å². The van der Waals surface area contributed by atoms with Crippen LogP contribution in [0.5, 0.6) is 0 Å². The van der Waals surface area contributed by atoms with Crippen molar-refractivity contribution in [2.75, 3.05) is 18.5 Å². The van der Waals surface area contributed by atoms with Gasteiger partial charge in [-0.2, -0.15) is 0 Å². The largest absolute Gasteiger partial charge is 0.374 e. The SMILES string of the molecule is CCCCCCOCc1nnc(NCCC)s1. The Bertz CT molecular complexity index is 291. The van der Waals surface area contributed by atoms with Gasteiger partial charge in [-0.05, 0) is 12.8 Å². The van der Waals surface area contributed by atoms with Crippen LogP contribution in [0.15, 0.2) is 0 Å². The zero-order valence-electron chi connectivity index (χ0n) is 10.9. The lowest BCUT2D eigenvalue weighted by molar-refractivity contribution is 0.116. The first-order chi connectivity index (χ1) is 8.36. The molecule has 0 bridgehead atoms. The summed E-state index contributed by atoms with van der Waals surface area (Å²) in [6, 6.07) is 0. The summed E-state index contributed by atoms with van der Waals surface area (Å²) < 4.78 is 5.56. The van der Waals surface area contributed by atoms with Crippen LogP contribution in [0.4, 0.5) is 5.13 Å². The number of hydrogen-bond donors (Lipinski definition) is 1. The Morgan fingerprint density at radius 1 is 1.12 bits per heavy atom. The fourth-order valence-electron chi connectivity index (χ4n) is 1.41. The van der Waals surface area contributed by atoms with Gasteiger partial charge in [0.05, 0.1) is 0 Å². The van der Waals surface area contributed by atoms with E-state index in [1.165, 1.54) is 19.3 Å². The van der Waals surface area contributed by atoms with E-state index >= 15 is 0 Å². The van der Waals surface area contributed by atoms with Crippen molar-refractivity contribution in [3.05, 3.63) is 5.01 Å². The zero-order chi connectivity index (χ0) is 12.3. The molecule has 0 fully saturated rings. The number of unbranched alkanes of at least 4 members (excludes halogenated alkanes) is 3. The first-order valence-corrected chi connectivity index (χ1v) is 7.32. The lowest BCUT2D eigenvalue weighted by Crippen LogP contribution is -1.98. The molecule has 4 nitrogen and oxygen atoms in total. The molecule has 0 saturated heterocycles. The third-order valence-corrected chi connectivity index (χ3v) is 3.22. The van der Waals surface area contributed by atoms with Gasteiger partial charge in [-0.3, -0.25) is 0 Å². The number of rotatable bonds is 10. The Labute approximate surface area is 108 Å². The van der Waals surface area contributed by atoms with E-state index in [1.807, 2.05) is 0 Å².